The summed E-state index contributed by atoms with van der Waals surface area (Å²) in [5, 5.41) is 4.04. The molecule has 0 N–H and O–H groups in total. The van der Waals surface area contributed by atoms with Gasteiger partial charge in [0.15, 0.2) is 5.82 Å². The third kappa shape index (κ3) is 5.19. The number of rotatable bonds is 8. The fourth-order valence-electron chi connectivity index (χ4n) is 2.00. The molecule has 0 fully saturated rings. The summed E-state index contributed by atoms with van der Waals surface area (Å²) < 4.78 is 10.5. The topological polar surface area (TPSA) is 55.3 Å². The van der Waals surface area contributed by atoms with Crippen LogP contribution in [0, 0.1) is 5.92 Å². The van der Waals surface area contributed by atoms with Crippen LogP contribution < -0.4 is 0 Å². The van der Waals surface area contributed by atoms with Gasteiger partial charge < -0.3 is 8.94 Å². The SMILES string of the molecule is CCN(C/C=C/c1ccco1)Cc1noc(CC(C)C)n1. The van der Waals surface area contributed by atoms with Crippen molar-refractivity contribution in [2.24, 2.45) is 5.92 Å². The zero-order valence-corrected chi connectivity index (χ0v) is 13.0. The first-order valence-corrected chi connectivity index (χ1v) is 7.41. The van der Waals surface area contributed by atoms with Crippen molar-refractivity contribution < 1.29 is 8.94 Å². The Morgan fingerprint density at radius 2 is 2.24 bits per heavy atom. The molecule has 2 aromatic rings. The van der Waals surface area contributed by atoms with Crippen molar-refractivity contribution in [3.8, 4) is 0 Å². The molecule has 0 amide bonds. The van der Waals surface area contributed by atoms with Crippen molar-refractivity contribution in [2.45, 2.75) is 33.7 Å². The van der Waals surface area contributed by atoms with Crippen molar-refractivity contribution in [1.29, 1.82) is 0 Å². The van der Waals surface area contributed by atoms with Crippen molar-refractivity contribution >= 4 is 6.08 Å². The minimum absolute atomic E-state index is 0.525. The molecular weight excluding hydrogens is 266 g/mol. The fraction of sp³-hybridized carbons (Fsp3) is 0.500. The van der Waals surface area contributed by atoms with Crippen LogP contribution in [0.2, 0.25) is 0 Å². The molecule has 2 rings (SSSR count). The second kappa shape index (κ2) is 7.78. The molecule has 2 heterocycles. The standard InChI is InChI=1S/C16H23N3O2/c1-4-19(9-5-7-14-8-6-10-20-14)12-15-17-16(21-18-15)11-13(2)3/h5-8,10,13H,4,9,11-12H2,1-3H3/b7-5+. The number of nitrogens with zero attached hydrogens (tertiary/aromatic N) is 3. The smallest absolute Gasteiger partial charge is 0.226 e. The summed E-state index contributed by atoms with van der Waals surface area (Å²) in [7, 11) is 0. The third-order valence-corrected chi connectivity index (χ3v) is 3.09. The van der Waals surface area contributed by atoms with Gasteiger partial charge in [0.1, 0.15) is 5.76 Å². The molecule has 0 aliphatic heterocycles. The van der Waals surface area contributed by atoms with Gasteiger partial charge in [0, 0.05) is 13.0 Å². The molecule has 114 valence electrons. The molecule has 0 saturated heterocycles. The Balaban J connectivity index is 1.85. The summed E-state index contributed by atoms with van der Waals surface area (Å²) >= 11 is 0. The summed E-state index contributed by atoms with van der Waals surface area (Å²) in [5.74, 6) is 2.86. The highest BCUT2D eigenvalue weighted by Gasteiger charge is 2.10. The number of hydrogen-bond donors (Lipinski definition) is 0. The second-order valence-corrected chi connectivity index (χ2v) is 5.45. The van der Waals surface area contributed by atoms with Crippen molar-refractivity contribution in [1.82, 2.24) is 15.0 Å². The highest BCUT2D eigenvalue weighted by molar-refractivity contribution is 5.42. The molecule has 0 atom stereocenters. The van der Waals surface area contributed by atoms with Gasteiger partial charge in [-0.1, -0.05) is 32.0 Å². The first kappa shape index (κ1) is 15.5. The normalized spacial score (nSPS) is 12.0. The molecule has 0 aliphatic rings. The minimum atomic E-state index is 0.525. The Bertz CT molecular complexity index is 544. The number of likely N-dealkylation sites (N-methyl/N-ethyl adjacent to an activating group) is 1. The van der Waals surface area contributed by atoms with Crippen LogP contribution in [0.4, 0.5) is 0 Å². The van der Waals surface area contributed by atoms with E-state index in [0.717, 1.165) is 37.0 Å². The summed E-state index contributed by atoms with van der Waals surface area (Å²) in [6.45, 7) is 8.85. The summed E-state index contributed by atoms with van der Waals surface area (Å²) in [5.41, 5.74) is 0. The van der Waals surface area contributed by atoms with Crippen LogP contribution >= 0.6 is 0 Å². The summed E-state index contributed by atoms with van der Waals surface area (Å²) in [4.78, 5) is 6.67. The molecule has 0 aliphatic carbocycles. The van der Waals surface area contributed by atoms with E-state index >= 15 is 0 Å². The Hall–Kier alpha value is -1.88. The van der Waals surface area contributed by atoms with Gasteiger partial charge in [0.05, 0.1) is 12.8 Å². The summed E-state index contributed by atoms with van der Waals surface area (Å²) in [6, 6.07) is 3.82. The zero-order valence-electron chi connectivity index (χ0n) is 13.0. The van der Waals surface area contributed by atoms with E-state index in [0.29, 0.717) is 12.5 Å². The van der Waals surface area contributed by atoms with Gasteiger partial charge in [-0.25, -0.2) is 0 Å². The molecule has 5 nitrogen and oxygen atoms in total. The molecular formula is C16H23N3O2. The van der Waals surface area contributed by atoms with Crippen LogP contribution in [0.5, 0.6) is 0 Å². The van der Waals surface area contributed by atoms with Gasteiger partial charge in [0.25, 0.3) is 0 Å². The van der Waals surface area contributed by atoms with E-state index in [4.69, 9.17) is 8.94 Å². The first-order valence-electron chi connectivity index (χ1n) is 7.41. The quantitative estimate of drug-likeness (QED) is 0.745. The molecule has 0 spiro atoms. The van der Waals surface area contributed by atoms with Gasteiger partial charge in [0.2, 0.25) is 5.89 Å². The van der Waals surface area contributed by atoms with Crippen LogP contribution in [0.1, 0.15) is 38.2 Å². The number of hydrogen-bond acceptors (Lipinski definition) is 5. The molecule has 0 saturated carbocycles. The highest BCUT2D eigenvalue weighted by Crippen LogP contribution is 2.08. The average Bonchev–Trinajstić information content (AvgIpc) is 3.09. The fourth-order valence-corrected chi connectivity index (χ4v) is 2.00. The first-order chi connectivity index (χ1) is 10.2. The lowest BCUT2D eigenvalue weighted by Crippen LogP contribution is -2.23. The predicted molar refractivity (Wildman–Crippen MR) is 81.5 cm³/mol. The molecule has 0 aromatic carbocycles. The van der Waals surface area contributed by atoms with Gasteiger partial charge in [-0.05, 0) is 30.7 Å². The second-order valence-electron chi connectivity index (χ2n) is 5.45. The van der Waals surface area contributed by atoms with E-state index < -0.39 is 0 Å². The average molecular weight is 289 g/mol. The Morgan fingerprint density at radius 3 is 2.90 bits per heavy atom. The van der Waals surface area contributed by atoms with E-state index in [1.54, 1.807) is 6.26 Å². The van der Waals surface area contributed by atoms with Gasteiger partial charge in [-0.2, -0.15) is 4.98 Å². The molecule has 0 unspecified atom stereocenters. The van der Waals surface area contributed by atoms with E-state index in [1.807, 2.05) is 18.2 Å². The lowest BCUT2D eigenvalue weighted by atomic mass is 10.1. The van der Waals surface area contributed by atoms with Crippen LogP contribution in [0.15, 0.2) is 33.4 Å². The maximum absolute atomic E-state index is 5.26. The Morgan fingerprint density at radius 1 is 1.38 bits per heavy atom. The molecule has 0 bridgehead atoms. The number of aromatic nitrogens is 2. The lowest BCUT2D eigenvalue weighted by Gasteiger charge is -2.15. The van der Waals surface area contributed by atoms with Crippen LogP contribution in [0.25, 0.3) is 6.08 Å². The van der Waals surface area contributed by atoms with Crippen molar-refractivity contribution in [3.05, 3.63) is 41.9 Å². The monoisotopic (exact) mass is 289 g/mol. The van der Waals surface area contributed by atoms with E-state index in [9.17, 15) is 0 Å². The Kier molecular flexibility index (Phi) is 5.75. The van der Waals surface area contributed by atoms with Gasteiger partial charge in [-0.15, -0.1) is 0 Å². The third-order valence-electron chi connectivity index (χ3n) is 3.09. The minimum Gasteiger partial charge on any atom is -0.465 e. The van der Waals surface area contributed by atoms with E-state index in [1.165, 1.54) is 0 Å². The molecule has 2 aromatic heterocycles. The Labute approximate surface area is 125 Å². The summed E-state index contributed by atoms with van der Waals surface area (Å²) in [6.07, 6.45) is 6.56. The maximum Gasteiger partial charge on any atom is 0.226 e. The zero-order chi connectivity index (χ0) is 15.1. The van der Waals surface area contributed by atoms with Crippen LogP contribution in [-0.2, 0) is 13.0 Å². The largest absolute Gasteiger partial charge is 0.465 e. The van der Waals surface area contributed by atoms with Gasteiger partial charge >= 0.3 is 0 Å². The number of furan rings is 1. The van der Waals surface area contributed by atoms with Crippen LogP contribution in [0.3, 0.4) is 0 Å². The van der Waals surface area contributed by atoms with Crippen molar-refractivity contribution in [3.63, 3.8) is 0 Å². The van der Waals surface area contributed by atoms with Gasteiger partial charge in [-0.3, -0.25) is 4.90 Å². The molecule has 0 radical (unpaired) electrons. The van der Waals surface area contributed by atoms with Crippen LogP contribution in [-0.4, -0.2) is 28.1 Å². The maximum atomic E-state index is 5.26. The van der Waals surface area contributed by atoms with E-state index in [-0.39, 0.29) is 0 Å². The molecule has 21 heavy (non-hydrogen) atoms. The predicted octanol–water partition coefficient (Wildman–Crippen LogP) is 3.40. The van der Waals surface area contributed by atoms with Crippen molar-refractivity contribution in [2.75, 3.05) is 13.1 Å². The highest BCUT2D eigenvalue weighted by atomic mass is 16.5. The van der Waals surface area contributed by atoms with E-state index in [2.05, 4.69) is 41.9 Å². The molecule has 5 heteroatoms. The lowest BCUT2D eigenvalue weighted by molar-refractivity contribution is 0.293.